The molecule has 0 aliphatic rings. The molecule has 16 heavy (non-hydrogen) atoms. The Balaban J connectivity index is 2.29. The molecule has 2 N–H and O–H groups in total. The maximum atomic E-state index is 11.3. The minimum Gasteiger partial charge on any atom is -0.383 e. The van der Waals surface area contributed by atoms with E-state index in [-0.39, 0.29) is 12.5 Å². The molecule has 0 radical (unpaired) electrons. The van der Waals surface area contributed by atoms with Crippen LogP contribution in [0.3, 0.4) is 0 Å². The molecule has 5 nitrogen and oxygen atoms in total. The summed E-state index contributed by atoms with van der Waals surface area (Å²) in [5.74, 6) is -0.107. The second kappa shape index (κ2) is 7.03. The molecule has 0 saturated heterocycles. The number of rotatable bonds is 6. The first kappa shape index (κ1) is 12.7. The monoisotopic (exact) mass is 243 g/mol. The molecule has 0 unspecified atom stereocenters. The van der Waals surface area contributed by atoms with E-state index in [0.717, 1.165) is 0 Å². The van der Waals surface area contributed by atoms with Gasteiger partial charge in [-0.05, 0) is 6.07 Å². The van der Waals surface area contributed by atoms with E-state index in [4.69, 9.17) is 16.3 Å². The zero-order chi connectivity index (χ0) is 11.8. The molecule has 0 bridgehead atoms. The summed E-state index contributed by atoms with van der Waals surface area (Å²) in [6.45, 7) is 1.18. The number of nitrogens with zero attached hydrogens (tertiary/aromatic N) is 1. The summed E-state index contributed by atoms with van der Waals surface area (Å²) in [6.07, 6.45) is 3.13. The van der Waals surface area contributed by atoms with Crippen molar-refractivity contribution in [1.82, 2.24) is 10.3 Å². The van der Waals surface area contributed by atoms with Crippen LogP contribution in [0.25, 0.3) is 0 Å². The van der Waals surface area contributed by atoms with Crippen molar-refractivity contribution in [3.05, 3.63) is 23.5 Å². The van der Waals surface area contributed by atoms with E-state index in [1.807, 2.05) is 0 Å². The second-order valence-corrected chi connectivity index (χ2v) is 3.46. The number of anilines is 1. The van der Waals surface area contributed by atoms with Crippen molar-refractivity contribution in [3.8, 4) is 0 Å². The molecule has 1 aromatic heterocycles. The Morgan fingerprint density at radius 3 is 3.12 bits per heavy atom. The van der Waals surface area contributed by atoms with Crippen LogP contribution in [0.5, 0.6) is 0 Å². The molecule has 0 aromatic carbocycles. The normalized spacial score (nSPS) is 9.88. The summed E-state index contributed by atoms with van der Waals surface area (Å²) < 4.78 is 4.81. The van der Waals surface area contributed by atoms with Gasteiger partial charge in [0.2, 0.25) is 5.91 Å². The number of amides is 1. The molecule has 0 fully saturated rings. The molecule has 1 rings (SSSR count). The summed E-state index contributed by atoms with van der Waals surface area (Å²) in [6, 6.07) is 1.71. The SMILES string of the molecule is COCCNC(=O)CNc1ccncc1Cl. The summed E-state index contributed by atoms with van der Waals surface area (Å²) in [4.78, 5) is 15.2. The minimum absolute atomic E-state index is 0.107. The summed E-state index contributed by atoms with van der Waals surface area (Å²) in [5, 5.41) is 6.10. The van der Waals surface area contributed by atoms with Crippen LogP contribution in [0.4, 0.5) is 5.69 Å². The van der Waals surface area contributed by atoms with Gasteiger partial charge in [0.25, 0.3) is 0 Å². The molecule has 0 aliphatic carbocycles. The predicted octanol–water partition coefficient (Wildman–Crippen LogP) is 0.909. The molecule has 6 heteroatoms. The van der Waals surface area contributed by atoms with Crippen LogP contribution in [-0.2, 0) is 9.53 Å². The maximum absolute atomic E-state index is 11.3. The van der Waals surface area contributed by atoms with E-state index >= 15 is 0 Å². The lowest BCUT2D eigenvalue weighted by molar-refractivity contribution is -0.119. The summed E-state index contributed by atoms with van der Waals surface area (Å²) in [5.41, 5.74) is 0.693. The third-order valence-corrected chi connectivity index (χ3v) is 2.14. The van der Waals surface area contributed by atoms with Crippen LogP contribution in [0.1, 0.15) is 0 Å². The molecule has 0 atom stereocenters. The van der Waals surface area contributed by atoms with Gasteiger partial charge in [-0.3, -0.25) is 9.78 Å². The van der Waals surface area contributed by atoms with Crippen molar-refractivity contribution in [3.63, 3.8) is 0 Å². The fraction of sp³-hybridized carbons (Fsp3) is 0.400. The molecular formula is C10H14ClN3O2. The molecule has 0 spiro atoms. The highest BCUT2D eigenvalue weighted by molar-refractivity contribution is 6.33. The Hall–Kier alpha value is -1.33. The molecule has 0 aliphatic heterocycles. The van der Waals surface area contributed by atoms with Crippen molar-refractivity contribution in [2.45, 2.75) is 0 Å². The molecule has 1 heterocycles. The van der Waals surface area contributed by atoms with Gasteiger partial charge < -0.3 is 15.4 Å². The molecule has 1 aromatic rings. The number of ether oxygens (including phenoxy) is 1. The van der Waals surface area contributed by atoms with E-state index in [9.17, 15) is 4.79 Å². The minimum atomic E-state index is -0.107. The highest BCUT2D eigenvalue weighted by Gasteiger charge is 2.02. The van der Waals surface area contributed by atoms with Crippen molar-refractivity contribution < 1.29 is 9.53 Å². The standard InChI is InChI=1S/C10H14ClN3O2/c1-16-5-4-13-10(15)7-14-9-2-3-12-6-8(9)11/h2-3,6H,4-5,7H2,1H3,(H,12,14)(H,13,15). The van der Waals surface area contributed by atoms with E-state index in [2.05, 4.69) is 15.6 Å². The van der Waals surface area contributed by atoms with Crippen LogP contribution in [-0.4, -0.2) is 37.7 Å². The van der Waals surface area contributed by atoms with Gasteiger partial charge in [-0.2, -0.15) is 0 Å². The molecule has 88 valence electrons. The number of hydrogen-bond acceptors (Lipinski definition) is 4. The molecular weight excluding hydrogens is 230 g/mol. The Bertz CT molecular complexity index is 347. The van der Waals surface area contributed by atoms with E-state index < -0.39 is 0 Å². The van der Waals surface area contributed by atoms with Crippen LogP contribution < -0.4 is 10.6 Å². The number of carbonyl (C=O) groups excluding carboxylic acids is 1. The number of pyridine rings is 1. The Labute approximate surface area is 99.2 Å². The highest BCUT2D eigenvalue weighted by Crippen LogP contribution is 2.18. The number of carbonyl (C=O) groups is 1. The zero-order valence-corrected chi connectivity index (χ0v) is 9.75. The summed E-state index contributed by atoms with van der Waals surface area (Å²) in [7, 11) is 1.58. The van der Waals surface area contributed by atoms with Gasteiger partial charge in [-0.1, -0.05) is 11.6 Å². The molecule has 0 saturated carbocycles. The van der Waals surface area contributed by atoms with Gasteiger partial charge >= 0.3 is 0 Å². The topological polar surface area (TPSA) is 63.2 Å². The molecule has 1 amide bonds. The lowest BCUT2D eigenvalue weighted by Crippen LogP contribution is -2.32. The quantitative estimate of drug-likeness (QED) is 0.729. The lowest BCUT2D eigenvalue weighted by atomic mass is 10.4. The second-order valence-electron chi connectivity index (χ2n) is 3.05. The number of methoxy groups -OCH3 is 1. The van der Waals surface area contributed by atoms with Gasteiger partial charge in [-0.15, -0.1) is 0 Å². The number of aromatic nitrogens is 1. The van der Waals surface area contributed by atoms with Crippen molar-refractivity contribution in [2.75, 3.05) is 32.1 Å². The lowest BCUT2D eigenvalue weighted by Gasteiger charge is -2.08. The Morgan fingerprint density at radius 2 is 2.44 bits per heavy atom. The average molecular weight is 244 g/mol. The fourth-order valence-electron chi connectivity index (χ4n) is 1.05. The fourth-order valence-corrected chi connectivity index (χ4v) is 1.24. The van der Waals surface area contributed by atoms with Crippen molar-refractivity contribution >= 4 is 23.2 Å². The first-order valence-corrected chi connectivity index (χ1v) is 5.21. The van der Waals surface area contributed by atoms with Crippen molar-refractivity contribution in [2.24, 2.45) is 0 Å². The largest absolute Gasteiger partial charge is 0.383 e. The van der Waals surface area contributed by atoms with Crippen LogP contribution in [0.2, 0.25) is 5.02 Å². The van der Waals surface area contributed by atoms with Gasteiger partial charge in [0.05, 0.1) is 23.9 Å². The van der Waals surface area contributed by atoms with E-state index in [1.165, 1.54) is 6.20 Å². The third-order valence-electron chi connectivity index (χ3n) is 1.84. The Morgan fingerprint density at radius 1 is 1.62 bits per heavy atom. The predicted molar refractivity (Wildman–Crippen MR) is 62.6 cm³/mol. The first-order chi connectivity index (χ1) is 7.74. The van der Waals surface area contributed by atoms with Crippen LogP contribution in [0.15, 0.2) is 18.5 Å². The first-order valence-electron chi connectivity index (χ1n) is 4.83. The van der Waals surface area contributed by atoms with Gasteiger partial charge in [0.1, 0.15) is 0 Å². The van der Waals surface area contributed by atoms with Crippen LogP contribution >= 0.6 is 11.6 Å². The maximum Gasteiger partial charge on any atom is 0.239 e. The number of hydrogen-bond donors (Lipinski definition) is 2. The smallest absolute Gasteiger partial charge is 0.239 e. The summed E-state index contributed by atoms with van der Waals surface area (Å²) >= 11 is 5.86. The van der Waals surface area contributed by atoms with Crippen LogP contribution in [0, 0.1) is 0 Å². The van der Waals surface area contributed by atoms with Gasteiger partial charge in [0, 0.05) is 26.0 Å². The van der Waals surface area contributed by atoms with Gasteiger partial charge in [0.15, 0.2) is 0 Å². The highest BCUT2D eigenvalue weighted by atomic mass is 35.5. The van der Waals surface area contributed by atoms with Gasteiger partial charge in [-0.25, -0.2) is 0 Å². The van der Waals surface area contributed by atoms with E-state index in [1.54, 1.807) is 19.4 Å². The van der Waals surface area contributed by atoms with E-state index in [0.29, 0.717) is 23.9 Å². The zero-order valence-electron chi connectivity index (χ0n) is 9.00. The number of halogens is 1. The average Bonchev–Trinajstić information content (AvgIpc) is 2.28. The Kier molecular flexibility index (Phi) is 5.60. The van der Waals surface area contributed by atoms with Crippen molar-refractivity contribution in [1.29, 1.82) is 0 Å². The third kappa shape index (κ3) is 4.46. The number of nitrogens with one attached hydrogen (secondary N) is 2.